The fourth-order valence-corrected chi connectivity index (χ4v) is 10.3. The fraction of sp³-hybridized carbons (Fsp3) is 0.951. The van der Waals surface area contributed by atoms with Crippen molar-refractivity contribution in [1.82, 2.24) is 5.32 Å². The summed E-state index contributed by atoms with van der Waals surface area (Å²) in [7, 11) is 0. The van der Waals surface area contributed by atoms with E-state index in [1.807, 2.05) is 0 Å². The molecule has 0 spiro atoms. The first kappa shape index (κ1) is 68.9. The molecule has 1 saturated heterocycles. The van der Waals surface area contributed by atoms with E-state index in [4.69, 9.17) is 9.47 Å². The Morgan fingerprint density at radius 2 is 0.819 bits per heavy atom. The van der Waals surface area contributed by atoms with Crippen molar-refractivity contribution < 1.29 is 50.0 Å². The summed E-state index contributed by atoms with van der Waals surface area (Å²) in [5.74, 6) is -0.699. The highest BCUT2D eigenvalue weighted by Crippen LogP contribution is 2.24. The molecule has 9 atom stereocenters. The number of hydrogen-bond acceptors (Lipinski definition) is 10. The fourth-order valence-electron chi connectivity index (χ4n) is 10.3. The molecule has 11 heteroatoms. The highest BCUT2D eigenvalue weighted by molar-refractivity contribution is 5.80. The predicted molar refractivity (Wildman–Crippen MR) is 298 cm³/mol. The number of aliphatic hydroxyl groups is 7. The molecule has 0 aromatic rings. The number of hydrogen-bond donors (Lipinski definition) is 8. The maximum absolute atomic E-state index is 13.2. The van der Waals surface area contributed by atoms with Crippen molar-refractivity contribution in [3.8, 4) is 0 Å². The Kier molecular flexibility index (Phi) is 48.4. The third kappa shape index (κ3) is 38.4. The molecule has 8 N–H and O–H groups in total. The zero-order valence-corrected chi connectivity index (χ0v) is 46.9. The van der Waals surface area contributed by atoms with Crippen molar-refractivity contribution in [1.29, 1.82) is 0 Å². The first-order valence-corrected chi connectivity index (χ1v) is 31.1. The first-order chi connectivity index (χ1) is 35.2. The number of carbonyl (C=O) groups is 1. The molecule has 0 saturated carbocycles. The molecule has 0 aromatic carbocycles. The molecule has 0 aliphatic carbocycles. The van der Waals surface area contributed by atoms with Gasteiger partial charge in [-0.2, -0.15) is 0 Å². The van der Waals surface area contributed by atoms with Gasteiger partial charge in [0.05, 0.1) is 25.4 Å². The molecular weight excluding hydrogens is 907 g/mol. The van der Waals surface area contributed by atoms with Crippen LogP contribution in [-0.4, -0.2) is 110 Å². The minimum absolute atomic E-state index is 0.260. The normalized spacial score (nSPS) is 20.0. The van der Waals surface area contributed by atoms with Gasteiger partial charge >= 0.3 is 0 Å². The quantitative estimate of drug-likeness (QED) is 0.0215. The standard InChI is InChI=1S/C61H119NO10/c1-3-5-7-9-11-13-15-17-19-21-23-25-26-27-29-31-33-35-37-39-41-43-45-47-49-54(65)60(70)62-52(51-71-61-59(69)58(68)57(67)55(50-63)72-61)56(66)53(64)48-46-44-42-40-38-36-34-32-30-28-24-22-20-18-16-14-12-10-8-6-4-2/h40,42,52-59,61,63-69H,3-39,41,43-51H2,1-2H3,(H,62,70)/b42-40+. The van der Waals surface area contributed by atoms with Gasteiger partial charge in [-0.05, 0) is 38.5 Å². The van der Waals surface area contributed by atoms with E-state index in [2.05, 4.69) is 31.3 Å². The smallest absolute Gasteiger partial charge is 0.249 e. The van der Waals surface area contributed by atoms with Crippen molar-refractivity contribution in [2.24, 2.45) is 0 Å². The van der Waals surface area contributed by atoms with Gasteiger partial charge < -0.3 is 50.5 Å². The largest absolute Gasteiger partial charge is 0.394 e. The monoisotopic (exact) mass is 1030 g/mol. The van der Waals surface area contributed by atoms with Gasteiger partial charge in [0.15, 0.2) is 6.29 Å². The van der Waals surface area contributed by atoms with Gasteiger partial charge in [-0.25, -0.2) is 0 Å². The summed E-state index contributed by atoms with van der Waals surface area (Å²) in [6.07, 6.45) is 48.5. The molecule has 9 unspecified atom stereocenters. The topological polar surface area (TPSA) is 189 Å². The number of unbranched alkanes of at least 4 members (excludes halogenated alkanes) is 40. The summed E-state index contributed by atoms with van der Waals surface area (Å²) in [5.41, 5.74) is 0. The van der Waals surface area contributed by atoms with Gasteiger partial charge in [-0.3, -0.25) is 4.79 Å². The molecule has 1 rings (SSSR count). The molecule has 1 aliphatic rings. The lowest BCUT2D eigenvalue weighted by Crippen LogP contribution is -2.60. The van der Waals surface area contributed by atoms with Gasteiger partial charge in [0.1, 0.15) is 36.6 Å². The second-order valence-electron chi connectivity index (χ2n) is 22.1. The van der Waals surface area contributed by atoms with Crippen LogP contribution in [0.5, 0.6) is 0 Å². The third-order valence-corrected chi connectivity index (χ3v) is 15.3. The number of aliphatic hydroxyl groups excluding tert-OH is 7. The Labute approximate surface area is 442 Å². The molecule has 1 amide bonds. The maximum Gasteiger partial charge on any atom is 0.249 e. The first-order valence-electron chi connectivity index (χ1n) is 31.1. The number of nitrogens with one attached hydrogen (secondary N) is 1. The Hall–Kier alpha value is -1.15. The van der Waals surface area contributed by atoms with Crippen molar-refractivity contribution in [3.05, 3.63) is 12.2 Å². The molecule has 0 aromatic heterocycles. The van der Waals surface area contributed by atoms with Crippen LogP contribution >= 0.6 is 0 Å². The summed E-state index contributed by atoms with van der Waals surface area (Å²) in [4.78, 5) is 13.2. The average molecular weight is 1030 g/mol. The van der Waals surface area contributed by atoms with Gasteiger partial charge in [0.25, 0.3) is 0 Å². The zero-order chi connectivity index (χ0) is 52.5. The van der Waals surface area contributed by atoms with Crippen LogP contribution in [0.15, 0.2) is 12.2 Å². The second-order valence-corrected chi connectivity index (χ2v) is 22.1. The minimum atomic E-state index is -1.67. The van der Waals surface area contributed by atoms with E-state index in [0.717, 1.165) is 38.5 Å². The zero-order valence-electron chi connectivity index (χ0n) is 46.9. The van der Waals surface area contributed by atoms with E-state index in [1.54, 1.807) is 0 Å². The number of rotatable bonds is 54. The predicted octanol–water partition coefficient (Wildman–Crippen LogP) is 13.5. The van der Waals surface area contributed by atoms with Gasteiger partial charge in [-0.15, -0.1) is 0 Å². The van der Waals surface area contributed by atoms with Gasteiger partial charge in [-0.1, -0.05) is 276 Å². The van der Waals surface area contributed by atoms with Gasteiger partial charge in [0, 0.05) is 0 Å². The molecule has 0 bridgehead atoms. The Balaban J connectivity index is 2.28. The van der Waals surface area contributed by atoms with Crippen LogP contribution in [0.2, 0.25) is 0 Å². The van der Waals surface area contributed by atoms with Crippen LogP contribution in [0.1, 0.15) is 303 Å². The third-order valence-electron chi connectivity index (χ3n) is 15.3. The summed E-state index contributed by atoms with van der Waals surface area (Å²) in [6.45, 7) is 3.49. The van der Waals surface area contributed by atoms with E-state index in [9.17, 15) is 40.5 Å². The van der Waals surface area contributed by atoms with E-state index < -0.39 is 74.2 Å². The molecule has 0 radical (unpaired) electrons. The van der Waals surface area contributed by atoms with E-state index in [0.29, 0.717) is 12.8 Å². The lowest BCUT2D eigenvalue weighted by molar-refractivity contribution is -0.303. The Morgan fingerprint density at radius 3 is 1.19 bits per heavy atom. The number of ether oxygens (including phenoxy) is 2. The van der Waals surface area contributed by atoms with E-state index in [-0.39, 0.29) is 12.8 Å². The average Bonchev–Trinajstić information content (AvgIpc) is 3.38. The summed E-state index contributed by atoms with van der Waals surface area (Å²) in [5, 5.41) is 76.2. The number of carbonyl (C=O) groups excluding carboxylic acids is 1. The molecule has 428 valence electrons. The minimum Gasteiger partial charge on any atom is -0.394 e. The van der Waals surface area contributed by atoms with E-state index in [1.165, 1.54) is 225 Å². The molecular formula is C61H119NO10. The molecule has 1 heterocycles. The summed E-state index contributed by atoms with van der Waals surface area (Å²) in [6, 6.07) is -1.18. The molecule has 72 heavy (non-hydrogen) atoms. The summed E-state index contributed by atoms with van der Waals surface area (Å²) < 4.78 is 11.2. The van der Waals surface area contributed by atoms with Crippen molar-refractivity contribution in [3.63, 3.8) is 0 Å². The molecule has 11 nitrogen and oxygen atoms in total. The highest BCUT2D eigenvalue weighted by Gasteiger charge is 2.44. The van der Waals surface area contributed by atoms with Crippen LogP contribution in [0.25, 0.3) is 0 Å². The summed E-state index contributed by atoms with van der Waals surface area (Å²) >= 11 is 0. The van der Waals surface area contributed by atoms with Crippen LogP contribution in [0, 0.1) is 0 Å². The van der Waals surface area contributed by atoms with Crippen LogP contribution in [0.3, 0.4) is 0 Å². The highest BCUT2D eigenvalue weighted by atomic mass is 16.7. The lowest BCUT2D eigenvalue weighted by Gasteiger charge is -2.40. The maximum atomic E-state index is 13.2. The molecule has 1 aliphatic heterocycles. The Bertz CT molecular complexity index is 1180. The van der Waals surface area contributed by atoms with Crippen LogP contribution in [0.4, 0.5) is 0 Å². The number of allylic oxidation sites excluding steroid dienone is 2. The van der Waals surface area contributed by atoms with Crippen LogP contribution < -0.4 is 5.32 Å². The lowest BCUT2D eigenvalue weighted by atomic mass is 9.98. The van der Waals surface area contributed by atoms with E-state index >= 15 is 0 Å². The SMILES string of the molecule is CCCCCCCCCCCCCCCCCC/C=C/CCCC(O)C(O)C(COC1OC(CO)C(O)C(O)C1O)NC(=O)C(O)CCCCCCCCCCCCCCCCCCCCCCCCCC. The Morgan fingerprint density at radius 1 is 0.472 bits per heavy atom. The second kappa shape index (κ2) is 50.7. The number of amides is 1. The van der Waals surface area contributed by atoms with Crippen molar-refractivity contribution in [2.75, 3.05) is 13.2 Å². The van der Waals surface area contributed by atoms with Crippen molar-refractivity contribution >= 4 is 5.91 Å². The van der Waals surface area contributed by atoms with Crippen LogP contribution in [-0.2, 0) is 14.3 Å². The van der Waals surface area contributed by atoms with Gasteiger partial charge in [0.2, 0.25) is 5.91 Å². The van der Waals surface area contributed by atoms with Crippen molar-refractivity contribution in [2.45, 2.75) is 358 Å². The molecule has 1 fully saturated rings.